The van der Waals surface area contributed by atoms with Crippen molar-refractivity contribution in [3.8, 4) is 5.75 Å². The van der Waals surface area contributed by atoms with Crippen LogP contribution in [0.15, 0.2) is 18.3 Å². The molecule has 0 aliphatic rings. The minimum atomic E-state index is 0.0362. The Morgan fingerprint density at radius 1 is 1.31 bits per heavy atom. The summed E-state index contributed by atoms with van der Waals surface area (Å²) < 4.78 is 5.57. The molecule has 1 atom stereocenters. The molecule has 90 valence electrons. The zero-order valence-electron chi connectivity index (χ0n) is 10.3. The molecule has 0 radical (unpaired) electrons. The second kappa shape index (κ2) is 7.23. The molecule has 0 spiro atoms. The van der Waals surface area contributed by atoms with Crippen LogP contribution in [-0.2, 0) is 0 Å². The molecule has 1 aromatic rings. The summed E-state index contributed by atoms with van der Waals surface area (Å²) in [5.74, 6) is 0.836. The van der Waals surface area contributed by atoms with Crippen LogP contribution in [0.2, 0.25) is 0 Å². The summed E-state index contributed by atoms with van der Waals surface area (Å²) in [7, 11) is 0. The highest BCUT2D eigenvalue weighted by Crippen LogP contribution is 2.15. The van der Waals surface area contributed by atoms with Crippen molar-refractivity contribution in [3.05, 3.63) is 24.0 Å². The lowest BCUT2D eigenvalue weighted by atomic mass is 10.1. The van der Waals surface area contributed by atoms with E-state index in [2.05, 4.69) is 18.8 Å². The van der Waals surface area contributed by atoms with E-state index in [4.69, 9.17) is 10.5 Å². The van der Waals surface area contributed by atoms with Crippen LogP contribution in [0.25, 0.3) is 0 Å². The van der Waals surface area contributed by atoms with Crippen molar-refractivity contribution in [3.63, 3.8) is 0 Å². The second-order valence-electron chi connectivity index (χ2n) is 3.99. The van der Waals surface area contributed by atoms with Crippen LogP contribution in [0, 0.1) is 0 Å². The van der Waals surface area contributed by atoms with Gasteiger partial charge in [-0.15, -0.1) is 0 Å². The Balaban J connectivity index is 2.39. The molecule has 0 aromatic carbocycles. The molecule has 3 heteroatoms. The molecule has 1 heterocycles. The van der Waals surface area contributed by atoms with Gasteiger partial charge in [0.05, 0.1) is 18.5 Å². The fourth-order valence-electron chi connectivity index (χ4n) is 1.45. The Morgan fingerprint density at radius 2 is 2.12 bits per heavy atom. The number of rotatable bonds is 7. The lowest BCUT2D eigenvalue weighted by molar-refractivity contribution is 0.305. The van der Waals surface area contributed by atoms with Crippen molar-refractivity contribution >= 4 is 0 Å². The quantitative estimate of drug-likeness (QED) is 0.721. The van der Waals surface area contributed by atoms with E-state index in [9.17, 15) is 0 Å². The normalized spacial score (nSPS) is 12.4. The Hall–Kier alpha value is -1.09. The minimum absolute atomic E-state index is 0.0362. The highest BCUT2D eigenvalue weighted by atomic mass is 16.5. The van der Waals surface area contributed by atoms with E-state index in [1.54, 1.807) is 6.20 Å². The van der Waals surface area contributed by atoms with Crippen LogP contribution in [0.1, 0.15) is 51.3 Å². The number of ether oxygens (including phenoxy) is 1. The molecule has 3 nitrogen and oxygen atoms in total. The molecule has 16 heavy (non-hydrogen) atoms. The summed E-state index contributed by atoms with van der Waals surface area (Å²) in [6.45, 7) is 5.01. The molecule has 0 aliphatic heterocycles. The van der Waals surface area contributed by atoms with Gasteiger partial charge in [-0.05, 0) is 25.0 Å². The van der Waals surface area contributed by atoms with Gasteiger partial charge in [-0.1, -0.05) is 26.7 Å². The average Bonchev–Trinajstić information content (AvgIpc) is 2.34. The summed E-state index contributed by atoms with van der Waals surface area (Å²) in [5, 5.41) is 0. The Morgan fingerprint density at radius 3 is 2.69 bits per heavy atom. The number of unbranched alkanes of at least 4 members (excludes halogenated alkanes) is 2. The van der Waals surface area contributed by atoms with Crippen LogP contribution in [0.4, 0.5) is 0 Å². The van der Waals surface area contributed by atoms with E-state index in [0.29, 0.717) is 0 Å². The number of aromatic nitrogens is 1. The third-order valence-electron chi connectivity index (χ3n) is 2.60. The molecule has 0 bridgehead atoms. The third kappa shape index (κ3) is 4.19. The molecule has 0 amide bonds. The van der Waals surface area contributed by atoms with Crippen molar-refractivity contribution in [1.29, 1.82) is 0 Å². The maximum Gasteiger partial charge on any atom is 0.137 e. The van der Waals surface area contributed by atoms with Gasteiger partial charge >= 0.3 is 0 Å². The number of nitrogens with zero attached hydrogens (tertiary/aromatic N) is 1. The minimum Gasteiger partial charge on any atom is -0.492 e. The summed E-state index contributed by atoms with van der Waals surface area (Å²) in [6.07, 6.45) is 6.20. The van der Waals surface area contributed by atoms with Gasteiger partial charge in [0, 0.05) is 6.04 Å². The molecule has 0 aliphatic carbocycles. The van der Waals surface area contributed by atoms with Gasteiger partial charge in [0.25, 0.3) is 0 Å². The predicted molar refractivity (Wildman–Crippen MR) is 66.5 cm³/mol. The maximum atomic E-state index is 5.88. The van der Waals surface area contributed by atoms with E-state index in [1.807, 2.05) is 12.1 Å². The zero-order chi connectivity index (χ0) is 11.8. The Bertz CT molecular complexity index is 284. The van der Waals surface area contributed by atoms with Gasteiger partial charge in [0.2, 0.25) is 0 Å². The molecule has 1 unspecified atom stereocenters. The first-order valence-electron chi connectivity index (χ1n) is 6.12. The summed E-state index contributed by atoms with van der Waals surface area (Å²) >= 11 is 0. The van der Waals surface area contributed by atoms with Crippen molar-refractivity contribution in [2.45, 2.75) is 45.6 Å². The number of hydrogen-bond acceptors (Lipinski definition) is 3. The van der Waals surface area contributed by atoms with Crippen LogP contribution >= 0.6 is 0 Å². The molecular weight excluding hydrogens is 200 g/mol. The molecular formula is C13H22N2O. The van der Waals surface area contributed by atoms with Gasteiger partial charge in [-0.3, -0.25) is 4.98 Å². The van der Waals surface area contributed by atoms with E-state index >= 15 is 0 Å². The number of pyridine rings is 1. The number of nitrogens with two attached hydrogens (primary N) is 1. The van der Waals surface area contributed by atoms with Gasteiger partial charge in [0.15, 0.2) is 0 Å². The average molecular weight is 222 g/mol. The summed E-state index contributed by atoms with van der Waals surface area (Å²) in [4.78, 5) is 4.30. The van der Waals surface area contributed by atoms with Crippen molar-refractivity contribution < 1.29 is 4.74 Å². The first-order chi connectivity index (χ1) is 7.77. The molecule has 1 rings (SSSR count). The highest BCUT2D eigenvalue weighted by Gasteiger charge is 2.04. The SMILES string of the molecule is CCCCCOc1ccc(C(N)CC)nc1. The van der Waals surface area contributed by atoms with E-state index < -0.39 is 0 Å². The smallest absolute Gasteiger partial charge is 0.137 e. The second-order valence-corrected chi connectivity index (χ2v) is 3.99. The van der Waals surface area contributed by atoms with E-state index in [-0.39, 0.29) is 6.04 Å². The van der Waals surface area contributed by atoms with Crippen LogP contribution < -0.4 is 10.5 Å². The van der Waals surface area contributed by atoms with E-state index in [1.165, 1.54) is 12.8 Å². The fraction of sp³-hybridized carbons (Fsp3) is 0.615. The largest absolute Gasteiger partial charge is 0.492 e. The zero-order valence-corrected chi connectivity index (χ0v) is 10.3. The van der Waals surface area contributed by atoms with Crippen LogP contribution in [0.5, 0.6) is 5.75 Å². The highest BCUT2D eigenvalue weighted by molar-refractivity contribution is 5.21. The summed E-state index contributed by atoms with van der Waals surface area (Å²) in [5.41, 5.74) is 6.81. The molecule has 1 aromatic heterocycles. The first kappa shape index (κ1) is 13.0. The molecule has 0 saturated carbocycles. The molecule has 0 fully saturated rings. The van der Waals surface area contributed by atoms with Crippen molar-refractivity contribution in [2.75, 3.05) is 6.61 Å². The standard InChI is InChI=1S/C13H22N2O/c1-3-5-6-9-16-11-7-8-13(15-10-11)12(14)4-2/h7-8,10,12H,3-6,9,14H2,1-2H3. The third-order valence-corrected chi connectivity index (χ3v) is 2.60. The van der Waals surface area contributed by atoms with Gasteiger partial charge < -0.3 is 10.5 Å². The Labute approximate surface area is 98.0 Å². The lowest BCUT2D eigenvalue weighted by Crippen LogP contribution is -2.10. The van der Waals surface area contributed by atoms with E-state index in [0.717, 1.165) is 30.9 Å². The van der Waals surface area contributed by atoms with Crippen molar-refractivity contribution in [2.24, 2.45) is 5.73 Å². The van der Waals surface area contributed by atoms with Gasteiger partial charge in [0.1, 0.15) is 5.75 Å². The topological polar surface area (TPSA) is 48.1 Å². The predicted octanol–water partition coefficient (Wildman–Crippen LogP) is 3.06. The van der Waals surface area contributed by atoms with Crippen LogP contribution in [-0.4, -0.2) is 11.6 Å². The maximum absolute atomic E-state index is 5.88. The van der Waals surface area contributed by atoms with Gasteiger partial charge in [-0.2, -0.15) is 0 Å². The fourth-order valence-corrected chi connectivity index (χ4v) is 1.45. The Kier molecular flexibility index (Phi) is 5.86. The number of hydrogen-bond donors (Lipinski definition) is 1. The van der Waals surface area contributed by atoms with Gasteiger partial charge in [-0.25, -0.2) is 0 Å². The molecule has 0 saturated heterocycles. The lowest BCUT2D eigenvalue weighted by Gasteiger charge is -2.09. The summed E-state index contributed by atoms with van der Waals surface area (Å²) in [6, 6.07) is 3.93. The van der Waals surface area contributed by atoms with Crippen LogP contribution in [0.3, 0.4) is 0 Å². The van der Waals surface area contributed by atoms with Crippen molar-refractivity contribution in [1.82, 2.24) is 4.98 Å². The monoisotopic (exact) mass is 222 g/mol. The molecule has 2 N–H and O–H groups in total. The first-order valence-corrected chi connectivity index (χ1v) is 6.12.